The van der Waals surface area contributed by atoms with Crippen LogP contribution in [0.4, 0.5) is 0 Å². The van der Waals surface area contributed by atoms with Crippen molar-refractivity contribution in [3.05, 3.63) is 0 Å². The van der Waals surface area contributed by atoms with Crippen molar-refractivity contribution < 1.29 is 0 Å². The summed E-state index contributed by atoms with van der Waals surface area (Å²) >= 11 is 0. The lowest BCUT2D eigenvalue weighted by atomic mass is 9.94. The first-order chi connectivity index (χ1) is 9.28. The number of piperazine rings is 1. The maximum atomic E-state index is 2.86. The molecular weight excluding hydrogens is 234 g/mol. The highest BCUT2D eigenvalue weighted by molar-refractivity contribution is 4.93. The maximum Gasteiger partial charge on any atom is 0.0227 e. The Balaban J connectivity index is 1.63. The fourth-order valence-corrected chi connectivity index (χ4v) is 4.47. The molecule has 0 radical (unpaired) electrons. The third-order valence-corrected chi connectivity index (χ3v) is 5.63. The lowest BCUT2D eigenvalue weighted by molar-refractivity contribution is -0.0252. The number of likely N-dealkylation sites (N-methyl/N-ethyl adjacent to an activating group) is 1. The van der Waals surface area contributed by atoms with E-state index in [1.54, 1.807) is 0 Å². The Morgan fingerprint density at radius 1 is 0.895 bits per heavy atom. The van der Waals surface area contributed by atoms with E-state index in [0.29, 0.717) is 0 Å². The van der Waals surface area contributed by atoms with Gasteiger partial charge in [0.05, 0.1) is 0 Å². The summed E-state index contributed by atoms with van der Waals surface area (Å²) in [4.78, 5) is 8.27. The van der Waals surface area contributed by atoms with Crippen LogP contribution in [0.5, 0.6) is 0 Å². The standard InChI is InChI=1S/C16H31N3/c1-3-17-9-6-8-16(12-17)19-13-15-7-4-5-10-18(15)11-14(19)2/h14-16H,3-13H2,1-2H3. The molecule has 3 fully saturated rings. The van der Waals surface area contributed by atoms with Gasteiger partial charge in [0, 0.05) is 37.8 Å². The van der Waals surface area contributed by atoms with Gasteiger partial charge >= 0.3 is 0 Å². The van der Waals surface area contributed by atoms with Crippen molar-refractivity contribution in [3.63, 3.8) is 0 Å². The van der Waals surface area contributed by atoms with E-state index in [1.165, 1.54) is 71.4 Å². The summed E-state index contributed by atoms with van der Waals surface area (Å²) in [5.41, 5.74) is 0. The Morgan fingerprint density at radius 2 is 1.74 bits per heavy atom. The quantitative estimate of drug-likeness (QED) is 0.756. The summed E-state index contributed by atoms with van der Waals surface area (Å²) in [6, 6.07) is 2.45. The van der Waals surface area contributed by atoms with Gasteiger partial charge in [-0.05, 0) is 52.2 Å². The molecule has 3 atom stereocenters. The molecule has 19 heavy (non-hydrogen) atoms. The normalized spacial score (nSPS) is 39.2. The van der Waals surface area contributed by atoms with E-state index < -0.39 is 0 Å². The van der Waals surface area contributed by atoms with Crippen molar-refractivity contribution in [3.8, 4) is 0 Å². The minimum atomic E-state index is 0.760. The molecule has 3 rings (SSSR count). The molecule has 3 nitrogen and oxygen atoms in total. The molecule has 0 amide bonds. The zero-order valence-corrected chi connectivity index (χ0v) is 12.9. The van der Waals surface area contributed by atoms with E-state index in [0.717, 1.165) is 18.1 Å². The van der Waals surface area contributed by atoms with Gasteiger partial charge in [0.25, 0.3) is 0 Å². The average molecular weight is 265 g/mol. The molecule has 0 saturated carbocycles. The van der Waals surface area contributed by atoms with Crippen LogP contribution in [0.25, 0.3) is 0 Å². The molecule has 0 aliphatic carbocycles. The number of piperidine rings is 2. The molecule has 0 aromatic rings. The van der Waals surface area contributed by atoms with Gasteiger partial charge in [-0.25, -0.2) is 0 Å². The van der Waals surface area contributed by atoms with Crippen LogP contribution in [0.1, 0.15) is 46.0 Å². The summed E-state index contributed by atoms with van der Waals surface area (Å²) in [7, 11) is 0. The Bertz CT molecular complexity index is 294. The van der Waals surface area contributed by atoms with Gasteiger partial charge in [0.15, 0.2) is 0 Å². The lowest BCUT2D eigenvalue weighted by Crippen LogP contribution is -2.63. The number of hydrogen-bond acceptors (Lipinski definition) is 3. The molecule has 3 heteroatoms. The molecule has 3 aliphatic heterocycles. The van der Waals surface area contributed by atoms with Gasteiger partial charge in [-0.15, -0.1) is 0 Å². The Hall–Kier alpha value is -0.120. The van der Waals surface area contributed by atoms with Gasteiger partial charge in [-0.1, -0.05) is 13.3 Å². The number of nitrogens with zero attached hydrogens (tertiary/aromatic N) is 3. The van der Waals surface area contributed by atoms with Gasteiger partial charge in [0.1, 0.15) is 0 Å². The molecule has 3 aliphatic rings. The molecule has 0 bridgehead atoms. The predicted molar refractivity (Wildman–Crippen MR) is 80.5 cm³/mol. The van der Waals surface area contributed by atoms with Crippen LogP contribution in [0.15, 0.2) is 0 Å². The van der Waals surface area contributed by atoms with Crippen LogP contribution in [-0.4, -0.2) is 72.1 Å². The average Bonchev–Trinajstić information content (AvgIpc) is 2.46. The molecule has 3 heterocycles. The van der Waals surface area contributed by atoms with Crippen molar-refractivity contribution in [1.82, 2.24) is 14.7 Å². The second kappa shape index (κ2) is 6.11. The zero-order chi connectivity index (χ0) is 13.2. The number of hydrogen-bond donors (Lipinski definition) is 0. The summed E-state index contributed by atoms with van der Waals surface area (Å²) in [5.74, 6) is 0. The second-order valence-electron chi connectivity index (χ2n) is 6.88. The fourth-order valence-electron chi connectivity index (χ4n) is 4.47. The first-order valence-corrected chi connectivity index (χ1v) is 8.50. The van der Waals surface area contributed by atoms with Crippen LogP contribution in [0.2, 0.25) is 0 Å². The Labute approximate surface area is 118 Å². The van der Waals surface area contributed by atoms with E-state index in [9.17, 15) is 0 Å². The topological polar surface area (TPSA) is 9.72 Å². The zero-order valence-electron chi connectivity index (χ0n) is 12.9. The van der Waals surface area contributed by atoms with Gasteiger partial charge in [-0.3, -0.25) is 9.80 Å². The van der Waals surface area contributed by atoms with Crippen LogP contribution < -0.4 is 0 Å². The van der Waals surface area contributed by atoms with E-state index >= 15 is 0 Å². The number of rotatable bonds is 2. The monoisotopic (exact) mass is 265 g/mol. The van der Waals surface area contributed by atoms with Gasteiger partial charge in [0.2, 0.25) is 0 Å². The summed E-state index contributed by atoms with van der Waals surface area (Å²) in [6.07, 6.45) is 7.14. The molecule has 0 N–H and O–H groups in total. The predicted octanol–water partition coefficient (Wildman–Crippen LogP) is 2.03. The largest absolute Gasteiger partial charge is 0.302 e. The van der Waals surface area contributed by atoms with E-state index in [2.05, 4.69) is 28.5 Å². The molecule has 3 unspecified atom stereocenters. The second-order valence-corrected chi connectivity index (χ2v) is 6.88. The van der Waals surface area contributed by atoms with Gasteiger partial charge in [-0.2, -0.15) is 0 Å². The number of fused-ring (bicyclic) bond motifs is 1. The van der Waals surface area contributed by atoms with E-state index in [-0.39, 0.29) is 0 Å². The molecular formula is C16H31N3. The molecule has 3 saturated heterocycles. The Morgan fingerprint density at radius 3 is 2.58 bits per heavy atom. The highest BCUT2D eigenvalue weighted by atomic mass is 15.3. The highest BCUT2D eigenvalue weighted by Gasteiger charge is 2.37. The van der Waals surface area contributed by atoms with E-state index in [1.807, 2.05) is 0 Å². The van der Waals surface area contributed by atoms with Crippen LogP contribution >= 0.6 is 0 Å². The van der Waals surface area contributed by atoms with Crippen molar-refractivity contribution in [2.75, 3.05) is 39.3 Å². The third-order valence-electron chi connectivity index (χ3n) is 5.63. The molecule has 110 valence electrons. The first kappa shape index (κ1) is 13.8. The summed E-state index contributed by atoms with van der Waals surface area (Å²) in [5, 5.41) is 0. The van der Waals surface area contributed by atoms with E-state index in [4.69, 9.17) is 0 Å². The van der Waals surface area contributed by atoms with Crippen LogP contribution in [0, 0.1) is 0 Å². The fraction of sp³-hybridized carbons (Fsp3) is 1.00. The minimum absolute atomic E-state index is 0.760. The van der Waals surface area contributed by atoms with Crippen molar-refractivity contribution in [2.24, 2.45) is 0 Å². The van der Waals surface area contributed by atoms with Crippen molar-refractivity contribution >= 4 is 0 Å². The molecule has 0 spiro atoms. The minimum Gasteiger partial charge on any atom is -0.302 e. The van der Waals surface area contributed by atoms with Crippen molar-refractivity contribution in [2.45, 2.75) is 64.1 Å². The van der Waals surface area contributed by atoms with Crippen LogP contribution in [0.3, 0.4) is 0 Å². The lowest BCUT2D eigenvalue weighted by Gasteiger charge is -2.51. The van der Waals surface area contributed by atoms with Crippen molar-refractivity contribution in [1.29, 1.82) is 0 Å². The number of likely N-dealkylation sites (tertiary alicyclic amines) is 1. The Kier molecular flexibility index (Phi) is 4.45. The molecule has 0 aromatic carbocycles. The molecule has 0 aromatic heterocycles. The first-order valence-electron chi connectivity index (χ1n) is 8.50. The summed E-state index contributed by atoms with van der Waals surface area (Å²) < 4.78 is 0. The SMILES string of the molecule is CCN1CCCC(N2CC3CCCCN3CC2C)C1. The van der Waals surface area contributed by atoms with Crippen LogP contribution in [-0.2, 0) is 0 Å². The third kappa shape index (κ3) is 2.98. The smallest absolute Gasteiger partial charge is 0.0227 e. The highest BCUT2D eigenvalue weighted by Crippen LogP contribution is 2.27. The summed E-state index contributed by atoms with van der Waals surface area (Å²) in [6.45, 7) is 12.6. The van der Waals surface area contributed by atoms with Gasteiger partial charge < -0.3 is 4.90 Å². The maximum absolute atomic E-state index is 2.86.